The molecule has 1 aromatic heterocycles. The number of aromatic nitrogens is 2. The molecule has 8 nitrogen and oxygen atoms in total. The summed E-state index contributed by atoms with van der Waals surface area (Å²) < 4.78 is 29.4. The normalized spacial score (nSPS) is 13.0. The molecule has 0 fully saturated rings. The molecule has 0 saturated heterocycles. The van der Waals surface area contributed by atoms with E-state index < -0.39 is 26.7 Å². The van der Waals surface area contributed by atoms with Crippen LogP contribution in [0.1, 0.15) is 29.7 Å². The zero-order valence-electron chi connectivity index (χ0n) is 13.3. The van der Waals surface area contributed by atoms with Crippen molar-refractivity contribution in [2.24, 2.45) is 7.05 Å². The molecular formula is C14H18N4O4S. The van der Waals surface area contributed by atoms with E-state index in [0.717, 1.165) is 0 Å². The van der Waals surface area contributed by atoms with E-state index in [2.05, 4.69) is 9.82 Å². The van der Waals surface area contributed by atoms with Gasteiger partial charge in [0.1, 0.15) is 0 Å². The fourth-order valence-electron chi connectivity index (χ4n) is 2.28. The Morgan fingerprint density at radius 2 is 2.00 bits per heavy atom. The van der Waals surface area contributed by atoms with Crippen molar-refractivity contribution < 1.29 is 13.3 Å². The first-order valence-electron chi connectivity index (χ1n) is 6.89. The summed E-state index contributed by atoms with van der Waals surface area (Å²) in [5.41, 5.74) is 1.28. The van der Waals surface area contributed by atoms with Gasteiger partial charge in [-0.3, -0.25) is 14.8 Å². The maximum Gasteiger partial charge on any atom is 0.289 e. The second-order valence-corrected chi connectivity index (χ2v) is 7.05. The highest BCUT2D eigenvalue weighted by Crippen LogP contribution is 2.30. The van der Waals surface area contributed by atoms with Gasteiger partial charge in [0, 0.05) is 30.9 Å². The van der Waals surface area contributed by atoms with E-state index >= 15 is 0 Å². The molecule has 0 bridgehead atoms. The van der Waals surface area contributed by atoms with Crippen LogP contribution < -0.4 is 4.72 Å². The van der Waals surface area contributed by atoms with Gasteiger partial charge in [-0.15, -0.1) is 0 Å². The Bertz CT molecular complexity index is 858. The maximum atomic E-state index is 12.7. The van der Waals surface area contributed by atoms with Gasteiger partial charge in [0.2, 0.25) is 10.0 Å². The highest BCUT2D eigenvalue weighted by Gasteiger charge is 2.30. The second kappa shape index (κ2) is 6.09. The van der Waals surface area contributed by atoms with Gasteiger partial charge in [-0.05, 0) is 31.9 Å². The van der Waals surface area contributed by atoms with Gasteiger partial charge in [-0.2, -0.15) is 5.10 Å². The fourth-order valence-corrected chi connectivity index (χ4v) is 3.98. The van der Waals surface area contributed by atoms with Crippen molar-refractivity contribution in [3.05, 3.63) is 51.3 Å². The molecule has 0 unspecified atom stereocenters. The maximum absolute atomic E-state index is 12.7. The monoisotopic (exact) mass is 338 g/mol. The SMILES string of the molecule is Cc1ccc([N+](=O)[O-])c(S(=O)(=O)N[C@@H](C)c2cnn(C)c2)c1C. The molecule has 1 atom stereocenters. The van der Waals surface area contributed by atoms with Gasteiger partial charge < -0.3 is 0 Å². The molecule has 2 rings (SSSR count). The van der Waals surface area contributed by atoms with Crippen LogP contribution in [-0.4, -0.2) is 23.1 Å². The summed E-state index contributed by atoms with van der Waals surface area (Å²) in [5.74, 6) is 0. The first kappa shape index (κ1) is 17.1. The highest BCUT2D eigenvalue weighted by atomic mass is 32.2. The summed E-state index contributed by atoms with van der Waals surface area (Å²) in [5, 5.41) is 15.2. The molecule has 1 heterocycles. The van der Waals surface area contributed by atoms with Crippen LogP contribution in [0.25, 0.3) is 0 Å². The molecule has 0 aliphatic rings. The quantitative estimate of drug-likeness (QED) is 0.662. The van der Waals surface area contributed by atoms with Gasteiger partial charge in [-0.1, -0.05) is 6.07 Å². The van der Waals surface area contributed by atoms with Crippen LogP contribution in [0, 0.1) is 24.0 Å². The lowest BCUT2D eigenvalue weighted by Gasteiger charge is -2.15. The number of nitrogens with one attached hydrogen (secondary N) is 1. The molecule has 1 N–H and O–H groups in total. The number of hydrogen-bond acceptors (Lipinski definition) is 5. The molecule has 0 saturated carbocycles. The zero-order chi connectivity index (χ0) is 17.4. The van der Waals surface area contributed by atoms with E-state index in [-0.39, 0.29) is 4.90 Å². The number of aryl methyl sites for hydroxylation is 2. The van der Waals surface area contributed by atoms with Gasteiger partial charge in [-0.25, -0.2) is 13.1 Å². The lowest BCUT2D eigenvalue weighted by Crippen LogP contribution is -2.28. The van der Waals surface area contributed by atoms with E-state index in [1.165, 1.54) is 12.1 Å². The number of nitrogens with zero attached hydrogens (tertiary/aromatic N) is 3. The summed E-state index contributed by atoms with van der Waals surface area (Å²) in [7, 11) is -2.33. The van der Waals surface area contributed by atoms with Gasteiger partial charge >= 0.3 is 0 Å². The number of sulfonamides is 1. The Hall–Kier alpha value is -2.26. The van der Waals surface area contributed by atoms with Crippen molar-refractivity contribution in [2.75, 3.05) is 0 Å². The Balaban J connectivity index is 2.47. The second-order valence-electron chi connectivity index (χ2n) is 5.40. The predicted molar refractivity (Wildman–Crippen MR) is 84.5 cm³/mol. The summed E-state index contributed by atoms with van der Waals surface area (Å²) >= 11 is 0. The summed E-state index contributed by atoms with van der Waals surface area (Å²) in [6.45, 7) is 4.93. The van der Waals surface area contributed by atoms with E-state index in [1.807, 2.05) is 0 Å². The summed E-state index contributed by atoms with van der Waals surface area (Å²) in [4.78, 5) is 10.2. The molecule has 0 aliphatic heterocycles. The van der Waals surface area contributed by atoms with Crippen molar-refractivity contribution >= 4 is 15.7 Å². The molecule has 0 aliphatic carbocycles. The molecule has 0 amide bonds. The van der Waals surface area contributed by atoms with E-state index in [0.29, 0.717) is 16.7 Å². The van der Waals surface area contributed by atoms with Crippen molar-refractivity contribution in [2.45, 2.75) is 31.7 Å². The smallest absolute Gasteiger partial charge is 0.275 e. The van der Waals surface area contributed by atoms with Crippen LogP contribution in [0.4, 0.5) is 5.69 Å². The van der Waals surface area contributed by atoms with Crippen LogP contribution in [0.15, 0.2) is 29.4 Å². The number of nitro benzene ring substituents is 1. The molecule has 9 heteroatoms. The average Bonchev–Trinajstić information content (AvgIpc) is 2.87. The zero-order valence-corrected chi connectivity index (χ0v) is 14.1. The largest absolute Gasteiger partial charge is 0.289 e. The van der Waals surface area contributed by atoms with Gasteiger partial charge in [0.05, 0.1) is 11.1 Å². The minimum Gasteiger partial charge on any atom is -0.275 e. The summed E-state index contributed by atoms with van der Waals surface area (Å²) in [6.07, 6.45) is 3.23. The number of hydrogen-bond donors (Lipinski definition) is 1. The number of benzene rings is 1. The first-order valence-corrected chi connectivity index (χ1v) is 8.37. The fraction of sp³-hybridized carbons (Fsp3) is 0.357. The van der Waals surface area contributed by atoms with Crippen molar-refractivity contribution in [1.29, 1.82) is 0 Å². The Morgan fingerprint density at radius 3 is 2.52 bits per heavy atom. The molecule has 2 aromatic rings. The molecule has 0 spiro atoms. The Kier molecular flexibility index (Phi) is 4.53. The topological polar surface area (TPSA) is 107 Å². The number of nitro groups is 1. The first-order chi connectivity index (χ1) is 10.6. The predicted octanol–water partition coefficient (Wildman–Crippen LogP) is 1.98. The third-order valence-corrected chi connectivity index (χ3v) is 5.39. The average molecular weight is 338 g/mol. The third-order valence-electron chi connectivity index (χ3n) is 3.68. The molecular weight excluding hydrogens is 320 g/mol. The Labute approximate surface area is 134 Å². The van der Waals surface area contributed by atoms with E-state index in [4.69, 9.17) is 0 Å². The summed E-state index contributed by atoms with van der Waals surface area (Å²) in [6, 6.07) is 2.19. The lowest BCUT2D eigenvalue weighted by atomic mass is 10.1. The Morgan fingerprint density at radius 1 is 1.35 bits per heavy atom. The van der Waals surface area contributed by atoms with E-state index in [1.54, 1.807) is 44.9 Å². The lowest BCUT2D eigenvalue weighted by molar-refractivity contribution is -0.387. The number of rotatable bonds is 5. The molecule has 124 valence electrons. The highest BCUT2D eigenvalue weighted by molar-refractivity contribution is 7.89. The van der Waals surface area contributed by atoms with Crippen molar-refractivity contribution in [1.82, 2.24) is 14.5 Å². The molecule has 1 aromatic carbocycles. The third kappa shape index (κ3) is 3.40. The minimum atomic E-state index is -4.06. The molecule has 0 radical (unpaired) electrons. The minimum absolute atomic E-state index is 0.293. The van der Waals surface area contributed by atoms with Gasteiger partial charge in [0.25, 0.3) is 5.69 Å². The van der Waals surface area contributed by atoms with Gasteiger partial charge in [0.15, 0.2) is 4.90 Å². The molecule has 23 heavy (non-hydrogen) atoms. The van der Waals surface area contributed by atoms with Crippen molar-refractivity contribution in [3.8, 4) is 0 Å². The van der Waals surface area contributed by atoms with E-state index in [9.17, 15) is 18.5 Å². The van der Waals surface area contributed by atoms with Crippen LogP contribution in [0.3, 0.4) is 0 Å². The van der Waals surface area contributed by atoms with Crippen LogP contribution in [-0.2, 0) is 17.1 Å². The van der Waals surface area contributed by atoms with Crippen LogP contribution in [0.2, 0.25) is 0 Å². The van der Waals surface area contributed by atoms with Crippen molar-refractivity contribution in [3.63, 3.8) is 0 Å². The van der Waals surface area contributed by atoms with Crippen LogP contribution >= 0.6 is 0 Å². The standard InChI is InChI=1S/C14H18N4O4S/c1-9-5-6-13(18(19)20)14(10(9)2)23(21,22)16-11(3)12-7-15-17(4)8-12/h5-8,11,16H,1-4H3/t11-/m0/s1. The van der Waals surface area contributed by atoms with Crippen LogP contribution in [0.5, 0.6) is 0 Å².